The molecule has 2 aromatic carbocycles. The van der Waals surface area contributed by atoms with Gasteiger partial charge in [-0.25, -0.2) is 4.98 Å². The first-order valence-corrected chi connectivity index (χ1v) is 34.1. The first kappa shape index (κ1) is 86.0. The SMILES string of the molecule is CN(Cc1nc2ccccc2[nH]1)C(=O)c1ccc2c(c1)CN(CCCCCCNC(=O)[C@H](CCC(=O)NCC(O)C(O)[C@H](O)[C@@H](O)CO)NC(=O)[C@H](CCC(=O)NCC(O)[C@H](O)[C@@H](O)[C@H](O)CO)NC(=O)CN1CCN(CC(=O)O)CCN(CC(=O)O)CCN(CC(=O)O)CC1)C(=O)C(CC(=O)O)N2. The second-order valence-corrected chi connectivity index (χ2v) is 25.7. The lowest BCUT2D eigenvalue weighted by Gasteiger charge is -2.33. The molecule has 39 nitrogen and oxygen atoms in total. The summed E-state index contributed by atoms with van der Waals surface area (Å²) in [5, 5.41) is 154. The van der Waals surface area contributed by atoms with Crippen LogP contribution in [0.4, 0.5) is 5.69 Å². The number of carboxylic acids is 4. The Morgan fingerprint density at radius 1 is 0.567 bits per heavy atom. The highest BCUT2D eigenvalue weighted by atomic mass is 16.4. The molecule has 2 aliphatic heterocycles. The fraction of sp³-hybridized carbons (Fsp3) is 0.631. The molecule has 0 radical (unpaired) electrons. The Hall–Kier alpha value is -8.68. The highest BCUT2D eigenvalue weighted by molar-refractivity contribution is 5.96. The molecule has 1 saturated heterocycles. The number of rotatable bonds is 42. The molecule has 7 amide bonds. The van der Waals surface area contributed by atoms with Gasteiger partial charge < -0.3 is 118 Å². The fourth-order valence-electron chi connectivity index (χ4n) is 11.5. The summed E-state index contributed by atoms with van der Waals surface area (Å²) in [6.45, 7) is -5.02. The Balaban J connectivity index is 1.32. The summed E-state index contributed by atoms with van der Waals surface area (Å²) in [6.07, 6.45) is -17.1. The van der Waals surface area contributed by atoms with Crippen LogP contribution in [0.5, 0.6) is 0 Å². The number of fused-ring (bicyclic) bond motifs is 2. The van der Waals surface area contributed by atoms with Crippen LogP contribution < -0.4 is 31.9 Å². The van der Waals surface area contributed by atoms with Gasteiger partial charge in [0.15, 0.2) is 0 Å². The van der Waals surface area contributed by atoms with Crippen LogP contribution in [0.15, 0.2) is 42.5 Å². The molecule has 0 bridgehead atoms. The maximum absolute atomic E-state index is 14.6. The van der Waals surface area contributed by atoms with E-state index in [0.717, 1.165) is 11.0 Å². The molecule has 104 heavy (non-hydrogen) atoms. The number of nitrogens with zero attached hydrogens (tertiary/aromatic N) is 7. The van der Waals surface area contributed by atoms with Crippen molar-refractivity contribution in [3.05, 3.63) is 59.4 Å². The Morgan fingerprint density at radius 2 is 1.05 bits per heavy atom. The highest BCUT2D eigenvalue weighted by Crippen LogP contribution is 2.27. The van der Waals surface area contributed by atoms with E-state index in [1.807, 2.05) is 24.3 Å². The molecule has 3 heterocycles. The normalized spacial score (nSPS) is 18.2. The number of aliphatic hydroxyl groups excluding tert-OH is 10. The van der Waals surface area contributed by atoms with Crippen molar-refractivity contribution < 1.29 is 124 Å². The number of hydrogen-bond donors (Lipinski definition) is 21. The van der Waals surface area contributed by atoms with Crippen LogP contribution in [0.3, 0.4) is 0 Å². The number of aromatic nitrogens is 2. The van der Waals surface area contributed by atoms with Gasteiger partial charge in [-0.3, -0.25) is 72.3 Å². The lowest BCUT2D eigenvalue weighted by Crippen LogP contribution is -2.56. The number of para-hydroxylation sites is 2. The topological polar surface area (TPSA) is 591 Å². The van der Waals surface area contributed by atoms with Gasteiger partial charge in [0.25, 0.3) is 5.91 Å². The Kier molecular flexibility index (Phi) is 36.0. The molecule has 39 heteroatoms. The number of aliphatic hydroxyl groups is 10. The van der Waals surface area contributed by atoms with Crippen LogP contribution in [-0.4, -0.2) is 368 Å². The van der Waals surface area contributed by atoms with Crippen LogP contribution in [0.1, 0.15) is 79.5 Å². The number of imidazole rings is 1. The largest absolute Gasteiger partial charge is 0.481 e. The number of amides is 7. The number of anilines is 1. The van der Waals surface area contributed by atoms with Gasteiger partial charge in [-0.05, 0) is 61.6 Å². The first-order chi connectivity index (χ1) is 49.3. The van der Waals surface area contributed by atoms with Crippen molar-refractivity contribution >= 4 is 81.9 Å². The third-order valence-corrected chi connectivity index (χ3v) is 17.5. The summed E-state index contributed by atoms with van der Waals surface area (Å²) in [7, 11) is 1.62. The van der Waals surface area contributed by atoms with Crippen LogP contribution >= 0.6 is 0 Å². The van der Waals surface area contributed by atoms with Gasteiger partial charge in [0.1, 0.15) is 60.6 Å². The van der Waals surface area contributed by atoms with E-state index in [0.29, 0.717) is 48.3 Å². The molecule has 0 saturated carbocycles. The highest BCUT2D eigenvalue weighted by Gasteiger charge is 2.35. The Bertz CT molecular complexity index is 3270. The van der Waals surface area contributed by atoms with E-state index >= 15 is 0 Å². The molecular formula is C65H100N14O25. The van der Waals surface area contributed by atoms with Crippen LogP contribution in [-0.2, 0) is 61.0 Å². The number of unbranched alkanes of at least 4 members (excludes halogenated alkanes) is 3. The molecule has 11 atom stereocenters. The molecule has 0 spiro atoms. The molecule has 0 aliphatic carbocycles. The lowest BCUT2D eigenvalue weighted by molar-refractivity contribution is -0.141. The van der Waals surface area contributed by atoms with E-state index in [1.54, 1.807) is 25.2 Å². The van der Waals surface area contributed by atoms with Gasteiger partial charge in [-0.15, -0.1) is 0 Å². The third kappa shape index (κ3) is 29.1. The summed E-state index contributed by atoms with van der Waals surface area (Å²) in [4.78, 5) is 162. The minimum Gasteiger partial charge on any atom is -0.481 e. The average molecular weight is 1480 g/mol. The number of carbonyl (C=O) groups is 11. The second kappa shape index (κ2) is 43.6. The number of aromatic amines is 1. The van der Waals surface area contributed by atoms with Crippen LogP contribution in [0.25, 0.3) is 11.0 Å². The maximum atomic E-state index is 14.6. The predicted molar refractivity (Wildman–Crippen MR) is 364 cm³/mol. The van der Waals surface area contributed by atoms with Crippen molar-refractivity contribution in [2.45, 2.75) is 138 Å². The molecule has 2 aliphatic rings. The lowest BCUT2D eigenvalue weighted by atomic mass is 10.0. The number of carboxylic acid groups (broad SMARTS) is 4. The summed E-state index contributed by atoms with van der Waals surface area (Å²) < 4.78 is 0. The van der Waals surface area contributed by atoms with Crippen molar-refractivity contribution in [2.75, 3.05) is 130 Å². The average Bonchev–Trinajstić information content (AvgIpc) is 1.62. The van der Waals surface area contributed by atoms with Crippen LogP contribution in [0, 0.1) is 0 Å². The smallest absolute Gasteiger partial charge is 0.317 e. The molecule has 5 rings (SSSR count). The number of hydrogen-bond acceptors (Lipinski definition) is 27. The zero-order chi connectivity index (χ0) is 76.7. The number of H-pyrrole nitrogens is 1. The standard InChI is InChI=1S/C65H100N14O25/c1-74(31-50-70-41-8-4-5-9-42(41)71-50)64(103)38-10-11-40-39(26-38)30-79(65(104)45(69-40)27-54(89)90)17-7-3-2-6-16-66-62(101)43(12-14-51(86)67-28-46(82)58(97)60(99)48(84)36-80)73-63(102)44(13-15-52(87)68-29-47(83)59(98)61(100)49(85)37-81)72-53(88)32-75-18-20-76(33-55(91)92)22-24-78(35-57(95)96)25-23-77(21-19-75)34-56(93)94/h4-5,8-11,26,43-49,58-61,69,80-85,97-100H,2-3,6-7,12-25,27-37H2,1H3,(H,66,101)(H,67,86)(H,68,87)(H,70,71)(H,72,88)(H,73,102)(H,89,90)(H,91,92)(H,93,94)(H,95,96)/t43-,44-,45?,46?,47?,48-,49+,58?,59-,60+,61-/m0/s1. The summed E-state index contributed by atoms with van der Waals surface area (Å²) in [5.41, 5.74) is 2.86. The molecule has 1 aromatic heterocycles. The van der Waals surface area contributed by atoms with Crippen molar-refractivity contribution in [2.24, 2.45) is 0 Å². The molecule has 580 valence electrons. The number of carbonyl (C=O) groups excluding carboxylic acids is 7. The fourth-order valence-corrected chi connectivity index (χ4v) is 11.5. The second-order valence-electron chi connectivity index (χ2n) is 25.7. The van der Waals surface area contributed by atoms with Gasteiger partial charge in [0.2, 0.25) is 35.4 Å². The van der Waals surface area contributed by atoms with E-state index < -0.39 is 211 Å². The van der Waals surface area contributed by atoms with Crippen molar-refractivity contribution in [3.63, 3.8) is 0 Å². The zero-order valence-corrected chi connectivity index (χ0v) is 57.8. The van der Waals surface area contributed by atoms with Crippen LogP contribution in [0.2, 0.25) is 0 Å². The molecule has 1 fully saturated rings. The predicted octanol–water partition coefficient (Wildman–Crippen LogP) is -7.78. The molecular weight excluding hydrogens is 1380 g/mol. The van der Waals surface area contributed by atoms with E-state index in [1.165, 1.54) is 29.4 Å². The summed E-state index contributed by atoms with van der Waals surface area (Å²) >= 11 is 0. The quantitative estimate of drug-likeness (QED) is 0.0234. The number of aliphatic carboxylic acids is 4. The van der Waals surface area contributed by atoms with Gasteiger partial charge in [-0.1, -0.05) is 25.0 Å². The van der Waals surface area contributed by atoms with Gasteiger partial charge in [-0.2, -0.15) is 0 Å². The van der Waals surface area contributed by atoms with Gasteiger partial charge in [0, 0.05) is 116 Å². The summed E-state index contributed by atoms with van der Waals surface area (Å²) in [6, 6.07) is 7.73. The Morgan fingerprint density at radius 3 is 1.54 bits per heavy atom. The van der Waals surface area contributed by atoms with Gasteiger partial charge in [0.05, 0.1) is 75.6 Å². The molecule has 4 unspecified atom stereocenters. The van der Waals surface area contributed by atoms with E-state index in [-0.39, 0.29) is 84.4 Å². The van der Waals surface area contributed by atoms with E-state index in [2.05, 4.69) is 41.9 Å². The van der Waals surface area contributed by atoms with Crippen molar-refractivity contribution in [3.8, 4) is 0 Å². The minimum atomic E-state index is -2.08. The van der Waals surface area contributed by atoms with Crippen molar-refractivity contribution in [1.29, 1.82) is 0 Å². The number of benzene rings is 2. The monoisotopic (exact) mass is 1480 g/mol. The number of nitrogens with one attached hydrogen (secondary N) is 7. The van der Waals surface area contributed by atoms with Crippen molar-refractivity contribution in [1.82, 2.24) is 66.0 Å². The Labute approximate surface area is 597 Å². The van der Waals surface area contributed by atoms with E-state index in [4.69, 9.17) is 0 Å². The van der Waals surface area contributed by atoms with E-state index in [9.17, 15) is 124 Å². The third-order valence-electron chi connectivity index (χ3n) is 17.5. The van der Waals surface area contributed by atoms with Gasteiger partial charge >= 0.3 is 23.9 Å². The maximum Gasteiger partial charge on any atom is 0.317 e. The zero-order valence-electron chi connectivity index (χ0n) is 57.8. The molecule has 21 N–H and O–H groups in total. The first-order valence-electron chi connectivity index (χ1n) is 34.1. The minimum absolute atomic E-state index is 0.0137. The molecule has 3 aromatic rings. The summed E-state index contributed by atoms with van der Waals surface area (Å²) in [5.74, 6) is -9.80.